The molecule has 0 aliphatic heterocycles. The van der Waals surface area contributed by atoms with E-state index in [2.05, 4.69) is 59.8 Å². The Morgan fingerprint density at radius 1 is 1.17 bits per heavy atom. The molecule has 0 spiro atoms. The van der Waals surface area contributed by atoms with Gasteiger partial charge in [-0.15, -0.1) is 0 Å². The maximum Gasteiger partial charge on any atom is 0.248 e. The summed E-state index contributed by atoms with van der Waals surface area (Å²) in [5, 5.41) is 0. The minimum atomic E-state index is -0.0449. The molecule has 0 saturated carbocycles. The van der Waals surface area contributed by atoms with E-state index >= 15 is 0 Å². The van der Waals surface area contributed by atoms with E-state index in [9.17, 15) is 4.79 Å². The summed E-state index contributed by atoms with van der Waals surface area (Å²) in [5.74, 6) is 1.90. The monoisotopic (exact) mass is 428 g/mol. The smallest absolute Gasteiger partial charge is 0.248 e. The maximum atomic E-state index is 12.5. The second kappa shape index (κ2) is 10.8. The van der Waals surface area contributed by atoms with Crippen molar-refractivity contribution in [1.82, 2.24) is 4.57 Å². The molecule has 0 aliphatic carbocycles. The lowest BCUT2D eigenvalue weighted by molar-refractivity contribution is -0.118. The quantitative estimate of drug-likeness (QED) is 0.445. The van der Waals surface area contributed by atoms with Crippen LogP contribution < -0.4 is 4.80 Å². The van der Waals surface area contributed by atoms with Crippen molar-refractivity contribution in [3.8, 4) is 0 Å². The molecule has 0 N–H and O–H groups in total. The van der Waals surface area contributed by atoms with E-state index in [0.717, 1.165) is 32.9 Å². The number of ether oxygens (including phenoxy) is 1. The molecule has 1 amide bonds. The van der Waals surface area contributed by atoms with Crippen LogP contribution in [0.25, 0.3) is 10.2 Å². The number of hydrogen-bond donors (Lipinski definition) is 0. The Bertz CT molecular complexity index is 1020. The zero-order chi connectivity index (χ0) is 20.6. The first kappa shape index (κ1) is 21.8. The number of hydrogen-bond acceptors (Lipinski definition) is 4. The third kappa shape index (κ3) is 6.04. The van der Waals surface area contributed by atoms with Crippen LogP contribution in [0.15, 0.2) is 47.5 Å². The van der Waals surface area contributed by atoms with Gasteiger partial charge >= 0.3 is 0 Å². The SMILES string of the molecule is COCCn1c(=NC(=O)CCCSCc2ccccc2)sc2cc(C)c(C)cc21. The molecular weight excluding hydrogens is 400 g/mol. The van der Waals surface area contributed by atoms with Gasteiger partial charge in [-0.2, -0.15) is 16.8 Å². The van der Waals surface area contributed by atoms with Crippen molar-refractivity contribution in [2.45, 2.75) is 39.0 Å². The number of amides is 1. The summed E-state index contributed by atoms with van der Waals surface area (Å²) in [6.07, 6.45) is 1.33. The van der Waals surface area contributed by atoms with E-state index < -0.39 is 0 Å². The summed E-state index contributed by atoms with van der Waals surface area (Å²) in [7, 11) is 1.69. The fourth-order valence-electron chi connectivity index (χ4n) is 3.06. The van der Waals surface area contributed by atoms with Crippen molar-refractivity contribution in [2.24, 2.45) is 4.99 Å². The Morgan fingerprint density at radius 2 is 1.93 bits per heavy atom. The van der Waals surface area contributed by atoms with Gasteiger partial charge < -0.3 is 9.30 Å². The van der Waals surface area contributed by atoms with Gasteiger partial charge in [0.1, 0.15) is 0 Å². The summed E-state index contributed by atoms with van der Waals surface area (Å²) < 4.78 is 8.53. The van der Waals surface area contributed by atoms with Crippen LogP contribution >= 0.6 is 23.1 Å². The van der Waals surface area contributed by atoms with Gasteiger partial charge in [0, 0.05) is 25.8 Å². The molecule has 1 heterocycles. The number of nitrogens with zero attached hydrogens (tertiary/aromatic N) is 2. The van der Waals surface area contributed by atoms with E-state index in [-0.39, 0.29) is 5.91 Å². The molecule has 0 aliphatic rings. The van der Waals surface area contributed by atoms with E-state index in [1.54, 1.807) is 18.4 Å². The third-order valence-electron chi connectivity index (χ3n) is 4.83. The van der Waals surface area contributed by atoms with Gasteiger partial charge in [-0.3, -0.25) is 4.79 Å². The lowest BCUT2D eigenvalue weighted by atomic mass is 10.1. The number of aromatic nitrogens is 1. The molecule has 0 bridgehead atoms. The Hall–Kier alpha value is -1.89. The Labute approximate surface area is 180 Å². The largest absolute Gasteiger partial charge is 0.383 e. The molecule has 0 saturated heterocycles. The molecule has 3 aromatic rings. The first-order valence-electron chi connectivity index (χ1n) is 9.87. The highest BCUT2D eigenvalue weighted by Crippen LogP contribution is 2.22. The second-order valence-electron chi connectivity index (χ2n) is 7.08. The van der Waals surface area contributed by atoms with Crippen molar-refractivity contribution in [2.75, 3.05) is 19.5 Å². The van der Waals surface area contributed by atoms with Gasteiger partial charge in [-0.25, -0.2) is 0 Å². The van der Waals surface area contributed by atoms with Crippen molar-refractivity contribution < 1.29 is 9.53 Å². The van der Waals surface area contributed by atoms with Crippen LogP contribution in [0.1, 0.15) is 29.5 Å². The number of carbonyl (C=O) groups is 1. The molecule has 29 heavy (non-hydrogen) atoms. The lowest BCUT2D eigenvalue weighted by Gasteiger charge is -2.06. The van der Waals surface area contributed by atoms with Crippen LogP contribution in [0.3, 0.4) is 0 Å². The first-order valence-corrected chi connectivity index (χ1v) is 11.8. The molecular formula is C23H28N2O2S2. The zero-order valence-corrected chi connectivity index (χ0v) is 18.9. The Morgan fingerprint density at radius 3 is 2.69 bits per heavy atom. The van der Waals surface area contributed by atoms with Crippen LogP contribution in [0.2, 0.25) is 0 Å². The number of benzene rings is 2. The van der Waals surface area contributed by atoms with Gasteiger partial charge in [0.05, 0.1) is 16.8 Å². The highest BCUT2D eigenvalue weighted by atomic mass is 32.2. The van der Waals surface area contributed by atoms with Crippen LogP contribution in [-0.2, 0) is 21.8 Å². The average Bonchev–Trinajstić information content (AvgIpc) is 3.03. The second-order valence-corrected chi connectivity index (χ2v) is 9.19. The molecule has 1 aromatic heterocycles. The fraction of sp³-hybridized carbons (Fsp3) is 0.391. The Kier molecular flexibility index (Phi) is 8.09. The maximum absolute atomic E-state index is 12.5. The van der Waals surface area contributed by atoms with Crippen LogP contribution in [0, 0.1) is 13.8 Å². The zero-order valence-electron chi connectivity index (χ0n) is 17.3. The van der Waals surface area contributed by atoms with Crippen molar-refractivity contribution in [3.05, 3.63) is 64.0 Å². The molecule has 0 unspecified atom stereocenters. The van der Waals surface area contributed by atoms with Crippen molar-refractivity contribution in [3.63, 3.8) is 0 Å². The number of fused-ring (bicyclic) bond motifs is 1. The van der Waals surface area contributed by atoms with E-state index in [1.165, 1.54) is 16.7 Å². The summed E-state index contributed by atoms with van der Waals surface area (Å²) in [6, 6.07) is 14.8. The van der Waals surface area contributed by atoms with E-state index in [1.807, 2.05) is 17.8 Å². The highest BCUT2D eigenvalue weighted by Gasteiger charge is 2.10. The number of aryl methyl sites for hydroxylation is 2. The third-order valence-corrected chi connectivity index (χ3v) is 6.98. The standard InChI is InChI=1S/C23H28N2O2S2/c1-17-14-20-21(15-18(17)2)29-23(25(20)11-12-27-3)24-22(26)10-7-13-28-16-19-8-5-4-6-9-19/h4-6,8-9,14-15H,7,10-13,16H2,1-3H3. The predicted molar refractivity (Wildman–Crippen MR) is 124 cm³/mol. The normalized spacial score (nSPS) is 12.0. The molecule has 4 nitrogen and oxygen atoms in total. The average molecular weight is 429 g/mol. The van der Waals surface area contributed by atoms with Crippen LogP contribution in [0.4, 0.5) is 0 Å². The van der Waals surface area contributed by atoms with Gasteiger partial charge in [0.25, 0.3) is 0 Å². The number of rotatable bonds is 9. The molecule has 2 aromatic carbocycles. The van der Waals surface area contributed by atoms with Crippen LogP contribution in [-0.4, -0.2) is 29.9 Å². The van der Waals surface area contributed by atoms with Gasteiger partial charge in [0.15, 0.2) is 4.80 Å². The number of carbonyl (C=O) groups excluding carboxylic acids is 1. The lowest BCUT2D eigenvalue weighted by Crippen LogP contribution is -2.19. The summed E-state index contributed by atoms with van der Waals surface area (Å²) in [5.41, 5.74) is 4.95. The van der Waals surface area contributed by atoms with E-state index in [4.69, 9.17) is 4.74 Å². The summed E-state index contributed by atoms with van der Waals surface area (Å²) in [4.78, 5) is 17.7. The molecule has 0 radical (unpaired) electrons. The van der Waals surface area contributed by atoms with Crippen LogP contribution in [0.5, 0.6) is 0 Å². The van der Waals surface area contributed by atoms with E-state index in [0.29, 0.717) is 19.6 Å². The van der Waals surface area contributed by atoms with Gasteiger partial charge in [0.2, 0.25) is 5.91 Å². The molecule has 6 heteroatoms. The number of methoxy groups -OCH3 is 1. The fourth-order valence-corrected chi connectivity index (χ4v) is 5.13. The number of thioether (sulfide) groups is 1. The Balaban J connectivity index is 1.65. The minimum Gasteiger partial charge on any atom is -0.383 e. The van der Waals surface area contributed by atoms with Gasteiger partial charge in [-0.1, -0.05) is 41.7 Å². The predicted octanol–water partition coefficient (Wildman–Crippen LogP) is 5.11. The molecule has 0 atom stereocenters. The number of thiazole rings is 1. The van der Waals surface area contributed by atoms with Crippen molar-refractivity contribution in [1.29, 1.82) is 0 Å². The molecule has 154 valence electrons. The highest BCUT2D eigenvalue weighted by molar-refractivity contribution is 7.98. The molecule has 0 fully saturated rings. The first-order chi connectivity index (χ1) is 14.1. The minimum absolute atomic E-state index is 0.0449. The molecule has 3 rings (SSSR count). The summed E-state index contributed by atoms with van der Waals surface area (Å²) >= 11 is 3.44. The van der Waals surface area contributed by atoms with Gasteiger partial charge in [-0.05, 0) is 54.8 Å². The summed E-state index contributed by atoms with van der Waals surface area (Å²) in [6.45, 7) is 5.51. The topological polar surface area (TPSA) is 43.6 Å². The van der Waals surface area contributed by atoms with Crippen molar-refractivity contribution >= 4 is 39.2 Å².